The minimum Gasteiger partial charge on any atom is -0.487 e. The number of nitrogens with zero attached hydrogens (tertiary/aromatic N) is 4. The summed E-state index contributed by atoms with van der Waals surface area (Å²) in [5.74, 6) is 0.554. The highest BCUT2D eigenvalue weighted by molar-refractivity contribution is 5.95. The van der Waals surface area contributed by atoms with E-state index in [0.29, 0.717) is 50.6 Å². The van der Waals surface area contributed by atoms with Crippen molar-refractivity contribution in [3.05, 3.63) is 95.4 Å². The van der Waals surface area contributed by atoms with Crippen LogP contribution in [-0.2, 0) is 11.4 Å². The second kappa shape index (κ2) is 10.8. The van der Waals surface area contributed by atoms with E-state index in [0.717, 1.165) is 28.2 Å². The van der Waals surface area contributed by atoms with Gasteiger partial charge in [0.05, 0.1) is 12.2 Å². The SMILES string of the molecule is Cc1ccc(NC(=O)CN2CCN(C(=O)c3cccc(OCc4cn5cccc(C)c5n4)c3)CC2)cc1. The predicted octanol–water partition coefficient (Wildman–Crippen LogP) is 3.93. The Labute approximate surface area is 216 Å². The van der Waals surface area contributed by atoms with E-state index in [1.54, 1.807) is 6.07 Å². The summed E-state index contributed by atoms with van der Waals surface area (Å²) in [6, 6.07) is 19.0. The average Bonchev–Trinajstić information content (AvgIpc) is 3.34. The smallest absolute Gasteiger partial charge is 0.254 e. The van der Waals surface area contributed by atoms with Crippen molar-refractivity contribution in [1.82, 2.24) is 19.2 Å². The summed E-state index contributed by atoms with van der Waals surface area (Å²) < 4.78 is 7.94. The third-order valence-corrected chi connectivity index (χ3v) is 6.56. The van der Waals surface area contributed by atoms with Crippen LogP contribution in [0.15, 0.2) is 73.1 Å². The number of hydrogen-bond acceptors (Lipinski definition) is 5. The minimum absolute atomic E-state index is 0.0300. The molecule has 37 heavy (non-hydrogen) atoms. The Hall–Kier alpha value is -4.17. The van der Waals surface area contributed by atoms with Crippen LogP contribution in [0.3, 0.4) is 0 Å². The molecular weight excluding hydrogens is 466 g/mol. The lowest BCUT2D eigenvalue weighted by Gasteiger charge is -2.34. The first-order valence-corrected chi connectivity index (χ1v) is 12.5. The van der Waals surface area contributed by atoms with Gasteiger partial charge in [0.1, 0.15) is 18.0 Å². The monoisotopic (exact) mass is 497 g/mol. The normalized spacial score (nSPS) is 14.1. The molecule has 4 aromatic rings. The Bertz CT molecular complexity index is 1400. The van der Waals surface area contributed by atoms with Crippen LogP contribution in [0.25, 0.3) is 5.65 Å². The fraction of sp³-hybridized carbons (Fsp3) is 0.276. The quantitative estimate of drug-likeness (QED) is 0.419. The number of aromatic nitrogens is 2. The Kier molecular flexibility index (Phi) is 7.18. The van der Waals surface area contributed by atoms with Crippen molar-refractivity contribution in [2.45, 2.75) is 20.5 Å². The maximum absolute atomic E-state index is 13.1. The lowest BCUT2D eigenvalue weighted by molar-refractivity contribution is -0.117. The number of amides is 2. The molecule has 3 heterocycles. The van der Waals surface area contributed by atoms with Crippen LogP contribution >= 0.6 is 0 Å². The van der Waals surface area contributed by atoms with Gasteiger partial charge >= 0.3 is 0 Å². The number of fused-ring (bicyclic) bond motifs is 1. The van der Waals surface area contributed by atoms with Gasteiger partial charge in [0, 0.05) is 49.8 Å². The van der Waals surface area contributed by atoms with Crippen LogP contribution < -0.4 is 10.1 Å². The molecule has 2 amide bonds. The van der Waals surface area contributed by atoms with Gasteiger partial charge in [-0.15, -0.1) is 0 Å². The van der Waals surface area contributed by atoms with E-state index >= 15 is 0 Å². The molecule has 5 rings (SSSR count). The number of carbonyl (C=O) groups excluding carboxylic acids is 2. The van der Waals surface area contributed by atoms with Gasteiger partial charge in [-0.25, -0.2) is 4.98 Å². The van der Waals surface area contributed by atoms with E-state index in [9.17, 15) is 9.59 Å². The number of aryl methyl sites for hydroxylation is 2. The van der Waals surface area contributed by atoms with E-state index in [1.807, 2.05) is 90.1 Å². The molecule has 0 radical (unpaired) electrons. The molecule has 0 bridgehead atoms. The number of pyridine rings is 1. The number of piperazine rings is 1. The molecule has 1 aliphatic heterocycles. The number of rotatable bonds is 7. The van der Waals surface area contributed by atoms with Gasteiger partial charge in [0.15, 0.2) is 0 Å². The number of anilines is 1. The Morgan fingerprint density at radius 3 is 2.51 bits per heavy atom. The van der Waals surface area contributed by atoms with E-state index in [1.165, 1.54) is 0 Å². The molecular formula is C29H31N5O3. The topological polar surface area (TPSA) is 79.2 Å². The molecule has 2 aromatic carbocycles. The lowest BCUT2D eigenvalue weighted by Crippen LogP contribution is -2.50. The first-order valence-electron chi connectivity index (χ1n) is 12.5. The molecule has 0 saturated carbocycles. The van der Waals surface area contributed by atoms with Gasteiger partial charge in [-0.1, -0.05) is 29.8 Å². The first-order chi connectivity index (χ1) is 17.9. The maximum Gasteiger partial charge on any atom is 0.254 e. The Morgan fingerprint density at radius 2 is 1.76 bits per heavy atom. The maximum atomic E-state index is 13.1. The van der Waals surface area contributed by atoms with Crippen molar-refractivity contribution >= 4 is 23.1 Å². The Balaban J connectivity index is 1.12. The molecule has 1 fully saturated rings. The molecule has 2 aromatic heterocycles. The van der Waals surface area contributed by atoms with Crippen molar-refractivity contribution in [1.29, 1.82) is 0 Å². The van der Waals surface area contributed by atoms with Crippen LogP contribution in [0.2, 0.25) is 0 Å². The van der Waals surface area contributed by atoms with Gasteiger partial charge < -0.3 is 19.4 Å². The van der Waals surface area contributed by atoms with Crippen molar-refractivity contribution in [3.63, 3.8) is 0 Å². The highest BCUT2D eigenvalue weighted by Gasteiger charge is 2.23. The number of carbonyl (C=O) groups is 2. The number of nitrogens with one attached hydrogen (secondary N) is 1. The van der Waals surface area contributed by atoms with Gasteiger partial charge in [0.2, 0.25) is 5.91 Å². The second-order valence-electron chi connectivity index (χ2n) is 9.45. The molecule has 1 saturated heterocycles. The summed E-state index contributed by atoms with van der Waals surface area (Å²) in [5, 5.41) is 2.94. The minimum atomic E-state index is -0.0470. The molecule has 0 unspecified atom stereocenters. The van der Waals surface area contributed by atoms with Crippen LogP contribution in [-0.4, -0.2) is 63.7 Å². The van der Waals surface area contributed by atoms with Crippen molar-refractivity contribution in [2.24, 2.45) is 0 Å². The van der Waals surface area contributed by atoms with Gasteiger partial charge in [0.25, 0.3) is 5.91 Å². The highest BCUT2D eigenvalue weighted by Crippen LogP contribution is 2.18. The van der Waals surface area contributed by atoms with Crippen LogP contribution in [0.4, 0.5) is 5.69 Å². The van der Waals surface area contributed by atoms with Gasteiger partial charge in [-0.2, -0.15) is 0 Å². The molecule has 0 atom stereocenters. The number of hydrogen-bond donors (Lipinski definition) is 1. The van der Waals surface area contributed by atoms with E-state index in [2.05, 4.69) is 15.2 Å². The van der Waals surface area contributed by atoms with Crippen molar-refractivity contribution < 1.29 is 14.3 Å². The molecule has 1 aliphatic rings. The van der Waals surface area contributed by atoms with E-state index in [4.69, 9.17) is 4.74 Å². The van der Waals surface area contributed by atoms with Gasteiger partial charge in [-0.3, -0.25) is 14.5 Å². The zero-order valence-corrected chi connectivity index (χ0v) is 21.2. The van der Waals surface area contributed by atoms with Crippen LogP contribution in [0.5, 0.6) is 5.75 Å². The predicted molar refractivity (Wildman–Crippen MR) is 143 cm³/mol. The summed E-state index contributed by atoms with van der Waals surface area (Å²) in [7, 11) is 0. The largest absolute Gasteiger partial charge is 0.487 e. The highest BCUT2D eigenvalue weighted by atomic mass is 16.5. The summed E-state index contributed by atoms with van der Waals surface area (Å²) in [6.45, 7) is 7.11. The van der Waals surface area contributed by atoms with Crippen LogP contribution in [0, 0.1) is 13.8 Å². The van der Waals surface area contributed by atoms with Gasteiger partial charge in [-0.05, 0) is 55.8 Å². The number of benzene rings is 2. The van der Waals surface area contributed by atoms with E-state index in [-0.39, 0.29) is 11.8 Å². The molecule has 8 nitrogen and oxygen atoms in total. The standard InChI is InChI=1S/C29H31N5O3/c1-21-8-10-24(11-9-21)30-27(35)19-32-13-15-33(16-14-32)29(36)23-6-3-7-26(17-23)37-20-25-18-34-12-4-5-22(2)28(34)31-25/h3-12,17-18H,13-16,19-20H2,1-2H3,(H,30,35). The molecule has 0 aliphatic carbocycles. The zero-order valence-electron chi connectivity index (χ0n) is 21.2. The lowest BCUT2D eigenvalue weighted by atomic mass is 10.1. The molecule has 1 N–H and O–H groups in total. The molecule has 0 spiro atoms. The fourth-order valence-corrected chi connectivity index (χ4v) is 4.48. The molecule has 8 heteroatoms. The first kappa shape index (κ1) is 24.5. The molecule has 190 valence electrons. The Morgan fingerprint density at radius 1 is 0.973 bits per heavy atom. The van der Waals surface area contributed by atoms with Crippen molar-refractivity contribution in [2.75, 3.05) is 38.0 Å². The average molecular weight is 498 g/mol. The summed E-state index contributed by atoms with van der Waals surface area (Å²) in [5.41, 5.74) is 5.38. The van der Waals surface area contributed by atoms with E-state index < -0.39 is 0 Å². The third-order valence-electron chi connectivity index (χ3n) is 6.56. The summed E-state index contributed by atoms with van der Waals surface area (Å²) in [6.07, 6.45) is 3.92. The van der Waals surface area contributed by atoms with Crippen molar-refractivity contribution in [3.8, 4) is 5.75 Å². The fourth-order valence-electron chi connectivity index (χ4n) is 4.48. The number of ether oxygens (including phenoxy) is 1. The number of imidazole rings is 1. The second-order valence-corrected chi connectivity index (χ2v) is 9.45. The third kappa shape index (κ3) is 5.98. The van der Waals surface area contributed by atoms with Crippen LogP contribution in [0.1, 0.15) is 27.2 Å². The summed E-state index contributed by atoms with van der Waals surface area (Å²) >= 11 is 0. The summed E-state index contributed by atoms with van der Waals surface area (Å²) in [4.78, 5) is 34.1. The zero-order chi connectivity index (χ0) is 25.8.